The third kappa shape index (κ3) is 5.81. The first-order valence-corrected chi connectivity index (χ1v) is 7.96. The quantitative estimate of drug-likeness (QED) is 0.740. The Balaban J connectivity index is 2.71. The van der Waals surface area contributed by atoms with Gasteiger partial charge in [-0.05, 0) is 24.6 Å². The van der Waals surface area contributed by atoms with Crippen LogP contribution < -0.4 is 4.72 Å². The summed E-state index contributed by atoms with van der Waals surface area (Å²) in [5.74, 6) is 0. The highest BCUT2D eigenvalue weighted by Crippen LogP contribution is 2.13. The molecule has 0 amide bonds. The average molecular weight is 312 g/mol. The maximum absolute atomic E-state index is 12.1. The molecule has 0 saturated heterocycles. The van der Waals surface area contributed by atoms with Crippen LogP contribution in [0.4, 0.5) is 0 Å². The second-order valence-corrected chi connectivity index (χ2v) is 6.81. The molecule has 2 N–H and O–H groups in total. The minimum Gasteiger partial charge on any atom is -0.389 e. The maximum atomic E-state index is 12.1. The Morgan fingerprint density at radius 2 is 2.00 bits per heavy atom. The topological polar surface area (TPSA) is 99.4 Å². The van der Waals surface area contributed by atoms with Gasteiger partial charge in [0.05, 0.1) is 23.0 Å². The molecule has 0 radical (unpaired) electrons. The Morgan fingerprint density at radius 3 is 2.52 bits per heavy atom. The molecule has 6 nitrogen and oxygen atoms in total. The first-order valence-electron chi connectivity index (χ1n) is 6.47. The van der Waals surface area contributed by atoms with E-state index in [1.165, 1.54) is 19.2 Å². The number of sulfonamides is 1. The van der Waals surface area contributed by atoms with Crippen LogP contribution in [0.1, 0.15) is 18.9 Å². The van der Waals surface area contributed by atoms with Crippen LogP contribution in [0.25, 0.3) is 0 Å². The van der Waals surface area contributed by atoms with Crippen molar-refractivity contribution >= 4 is 10.0 Å². The lowest BCUT2D eigenvalue weighted by molar-refractivity contribution is 0.0292. The second kappa shape index (κ2) is 7.52. The standard InChI is InChI=1S/C14H20N2O4S/c1-14(17,8-10-20-2)11-16-21(18,19)13-5-3-12(4-6-13)7-9-15/h3-6,16-17H,7-8,10-11H2,1-2H3. The fourth-order valence-corrected chi connectivity index (χ4v) is 2.78. The molecule has 116 valence electrons. The van der Waals surface area contributed by atoms with Gasteiger partial charge in [0.15, 0.2) is 0 Å². The van der Waals surface area contributed by atoms with Crippen LogP contribution in [0.3, 0.4) is 0 Å². The molecule has 0 heterocycles. The van der Waals surface area contributed by atoms with Crippen molar-refractivity contribution in [3.05, 3.63) is 29.8 Å². The zero-order chi connectivity index (χ0) is 15.9. The van der Waals surface area contributed by atoms with Gasteiger partial charge in [-0.3, -0.25) is 0 Å². The van der Waals surface area contributed by atoms with E-state index in [9.17, 15) is 13.5 Å². The molecule has 0 aliphatic carbocycles. The highest BCUT2D eigenvalue weighted by molar-refractivity contribution is 7.89. The number of nitrogens with one attached hydrogen (secondary N) is 1. The van der Waals surface area contributed by atoms with Gasteiger partial charge in [0.25, 0.3) is 0 Å². The second-order valence-electron chi connectivity index (χ2n) is 5.04. The smallest absolute Gasteiger partial charge is 0.240 e. The first kappa shape index (κ1) is 17.6. The number of benzene rings is 1. The van der Waals surface area contributed by atoms with E-state index in [0.29, 0.717) is 13.0 Å². The number of nitrogens with zero attached hydrogens (tertiary/aromatic N) is 1. The van der Waals surface area contributed by atoms with Crippen molar-refractivity contribution in [2.45, 2.75) is 30.3 Å². The third-order valence-corrected chi connectivity index (χ3v) is 4.42. The summed E-state index contributed by atoms with van der Waals surface area (Å²) in [7, 11) is -2.17. The van der Waals surface area contributed by atoms with E-state index in [0.717, 1.165) is 5.56 Å². The number of aliphatic hydroxyl groups is 1. The molecule has 1 aromatic carbocycles. The molecule has 0 bridgehead atoms. The zero-order valence-corrected chi connectivity index (χ0v) is 13.0. The number of hydrogen-bond donors (Lipinski definition) is 2. The van der Waals surface area contributed by atoms with Crippen LogP contribution in [0.15, 0.2) is 29.2 Å². The van der Waals surface area contributed by atoms with Gasteiger partial charge in [-0.15, -0.1) is 0 Å². The molecule has 0 spiro atoms. The van der Waals surface area contributed by atoms with Gasteiger partial charge in [0.1, 0.15) is 0 Å². The van der Waals surface area contributed by atoms with Gasteiger partial charge in [0, 0.05) is 26.7 Å². The Hall–Kier alpha value is -1.46. The lowest BCUT2D eigenvalue weighted by Gasteiger charge is -2.23. The van der Waals surface area contributed by atoms with Crippen molar-refractivity contribution in [2.24, 2.45) is 0 Å². The molecule has 1 aromatic rings. The molecule has 0 aliphatic heterocycles. The van der Waals surface area contributed by atoms with Crippen molar-refractivity contribution in [3.8, 4) is 6.07 Å². The highest BCUT2D eigenvalue weighted by Gasteiger charge is 2.23. The molecule has 0 aliphatic rings. The lowest BCUT2D eigenvalue weighted by atomic mass is 10.0. The molecular formula is C14H20N2O4S. The van der Waals surface area contributed by atoms with Crippen LogP contribution >= 0.6 is 0 Å². The summed E-state index contributed by atoms with van der Waals surface area (Å²) in [6, 6.07) is 8.08. The number of rotatable bonds is 8. The van der Waals surface area contributed by atoms with Crippen molar-refractivity contribution in [2.75, 3.05) is 20.3 Å². The van der Waals surface area contributed by atoms with Gasteiger partial charge in [-0.2, -0.15) is 5.26 Å². The van der Waals surface area contributed by atoms with Gasteiger partial charge in [-0.25, -0.2) is 13.1 Å². The first-order chi connectivity index (χ1) is 9.80. The van der Waals surface area contributed by atoms with Crippen LogP contribution in [0.5, 0.6) is 0 Å². The van der Waals surface area contributed by atoms with E-state index in [4.69, 9.17) is 10.00 Å². The molecule has 0 aromatic heterocycles. The normalized spacial score (nSPS) is 14.4. The highest BCUT2D eigenvalue weighted by atomic mass is 32.2. The molecule has 1 unspecified atom stereocenters. The van der Waals surface area contributed by atoms with Crippen molar-refractivity contribution < 1.29 is 18.3 Å². The van der Waals surface area contributed by atoms with E-state index in [-0.39, 0.29) is 17.9 Å². The van der Waals surface area contributed by atoms with Gasteiger partial charge in [0.2, 0.25) is 10.0 Å². The summed E-state index contributed by atoms with van der Waals surface area (Å²) >= 11 is 0. The summed E-state index contributed by atoms with van der Waals surface area (Å²) in [6.45, 7) is 1.79. The number of methoxy groups -OCH3 is 1. The Bertz CT molecular complexity index is 588. The van der Waals surface area contributed by atoms with Crippen LogP contribution in [0, 0.1) is 11.3 Å². The Labute approximate surface area is 125 Å². The molecule has 21 heavy (non-hydrogen) atoms. The minimum absolute atomic E-state index is 0.0986. The van der Waals surface area contributed by atoms with Gasteiger partial charge >= 0.3 is 0 Å². The van der Waals surface area contributed by atoms with E-state index in [1.54, 1.807) is 19.1 Å². The molecule has 7 heteroatoms. The summed E-state index contributed by atoms with van der Waals surface area (Å²) in [5, 5.41) is 18.6. The fourth-order valence-electron chi connectivity index (χ4n) is 1.62. The fraction of sp³-hybridized carbons (Fsp3) is 0.500. The third-order valence-electron chi connectivity index (χ3n) is 3.00. The van der Waals surface area contributed by atoms with E-state index in [2.05, 4.69) is 4.72 Å². The minimum atomic E-state index is -3.68. The number of nitriles is 1. The monoisotopic (exact) mass is 312 g/mol. The Morgan fingerprint density at radius 1 is 1.38 bits per heavy atom. The summed E-state index contributed by atoms with van der Waals surface area (Å²) in [6.07, 6.45) is 0.562. The van der Waals surface area contributed by atoms with Crippen LogP contribution in [0.2, 0.25) is 0 Å². The summed E-state index contributed by atoms with van der Waals surface area (Å²) < 4.78 is 31.5. The van der Waals surface area contributed by atoms with E-state index in [1.807, 2.05) is 6.07 Å². The van der Waals surface area contributed by atoms with Gasteiger partial charge in [-0.1, -0.05) is 12.1 Å². The van der Waals surface area contributed by atoms with Crippen LogP contribution in [-0.4, -0.2) is 39.4 Å². The predicted molar refractivity (Wildman–Crippen MR) is 78.1 cm³/mol. The largest absolute Gasteiger partial charge is 0.389 e. The zero-order valence-electron chi connectivity index (χ0n) is 12.2. The summed E-state index contributed by atoms with van der Waals surface area (Å²) in [5.41, 5.74) is -0.423. The van der Waals surface area contributed by atoms with E-state index >= 15 is 0 Å². The molecule has 1 atom stereocenters. The predicted octanol–water partition coefficient (Wildman–Crippen LogP) is 0.818. The van der Waals surface area contributed by atoms with Gasteiger partial charge < -0.3 is 9.84 Å². The maximum Gasteiger partial charge on any atom is 0.240 e. The molecule has 1 rings (SSSR count). The molecular weight excluding hydrogens is 292 g/mol. The van der Waals surface area contributed by atoms with Crippen molar-refractivity contribution in [3.63, 3.8) is 0 Å². The van der Waals surface area contributed by atoms with E-state index < -0.39 is 15.6 Å². The lowest BCUT2D eigenvalue weighted by Crippen LogP contribution is -2.41. The number of hydrogen-bond acceptors (Lipinski definition) is 5. The molecule has 0 fully saturated rings. The molecule has 0 saturated carbocycles. The SMILES string of the molecule is COCCC(C)(O)CNS(=O)(=O)c1ccc(CC#N)cc1. The van der Waals surface area contributed by atoms with Crippen LogP contribution in [-0.2, 0) is 21.2 Å². The van der Waals surface area contributed by atoms with Crippen molar-refractivity contribution in [1.29, 1.82) is 5.26 Å². The average Bonchev–Trinajstić information content (AvgIpc) is 2.44. The number of ether oxygens (including phenoxy) is 1. The Kier molecular flexibility index (Phi) is 6.30. The summed E-state index contributed by atoms with van der Waals surface area (Å²) in [4.78, 5) is 0.103. The van der Waals surface area contributed by atoms with Crippen molar-refractivity contribution in [1.82, 2.24) is 4.72 Å².